The first-order valence-corrected chi connectivity index (χ1v) is 7.73. The molecule has 3 aromatic rings. The predicted molar refractivity (Wildman–Crippen MR) is 91.3 cm³/mol. The number of fused-ring (bicyclic) bond motifs is 1. The molecule has 1 heterocycles. The molecule has 0 radical (unpaired) electrons. The van der Waals surface area contributed by atoms with Gasteiger partial charge in [-0.2, -0.15) is 0 Å². The van der Waals surface area contributed by atoms with Crippen molar-refractivity contribution in [2.24, 2.45) is 0 Å². The Kier molecular flexibility index (Phi) is 4.43. The van der Waals surface area contributed by atoms with E-state index >= 15 is 0 Å². The van der Waals surface area contributed by atoms with Gasteiger partial charge >= 0.3 is 0 Å². The van der Waals surface area contributed by atoms with Crippen LogP contribution in [-0.2, 0) is 4.79 Å². The molecule has 0 saturated heterocycles. The molecule has 1 aromatic heterocycles. The van der Waals surface area contributed by atoms with Crippen molar-refractivity contribution in [2.45, 2.75) is 0 Å². The number of anilines is 1. The molecule has 23 heavy (non-hydrogen) atoms. The molecule has 0 bridgehead atoms. The van der Waals surface area contributed by atoms with Gasteiger partial charge in [-0.25, -0.2) is 0 Å². The van der Waals surface area contributed by atoms with Crippen molar-refractivity contribution in [1.82, 2.24) is 5.32 Å². The van der Waals surface area contributed by atoms with Gasteiger partial charge in [0.15, 0.2) is 10.4 Å². The molecule has 0 aliphatic carbocycles. The summed E-state index contributed by atoms with van der Waals surface area (Å²) in [5.41, 5.74) is 0.684. The van der Waals surface area contributed by atoms with Crippen LogP contribution in [0.4, 0.5) is 5.69 Å². The quantitative estimate of drug-likeness (QED) is 0.735. The van der Waals surface area contributed by atoms with Crippen molar-refractivity contribution in [3.8, 4) is 0 Å². The van der Waals surface area contributed by atoms with Crippen molar-refractivity contribution in [2.75, 3.05) is 11.9 Å². The van der Waals surface area contributed by atoms with E-state index in [1.807, 2.05) is 42.5 Å². The van der Waals surface area contributed by atoms with Crippen LogP contribution in [-0.4, -0.2) is 18.4 Å². The van der Waals surface area contributed by atoms with Crippen molar-refractivity contribution >= 4 is 44.2 Å². The number of carbonyl (C=O) groups excluding carboxylic acids is 2. The molecule has 0 spiro atoms. The second-order valence-corrected chi connectivity index (χ2v) is 5.68. The molecule has 0 aliphatic rings. The number of halogens is 1. The molecule has 3 rings (SSSR count). The van der Waals surface area contributed by atoms with E-state index in [-0.39, 0.29) is 18.2 Å². The number of nitrogens with one attached hydrogen (secondary N) is 2. The van der Waals surface area contributed by atoms with E-state index in [0.29, 0.717) is 10.4 Å². The fourth-order valence-corrected chi connectivity index (χ4v) is 2.46. The fourth-order valence-electron chi connectivity index (χ4n) is 2.16. The summed E-state index contributed by atoms with van der Waals surface area (Å²) in [5.74, 6) is -0.598. The number of carbonyl (C=O) groups is 2. The van der Waals surface area contributed by atoms with Gasteiger partial charge in [0.2, 0.25) is 5.91 Å². The van der Waals surface area contributed by atoms with Crippen LogP contribution in [0.25, 0.3) is 10.8 Å². The van der Waals surface area contributed by atoms with Crippen LogP contribution < -0.4 is 10.6 Å². The lowest BCUT2D eigenvalue weighted by atomic mass is 10.1. The summed E-state index contributed by atoms with van der Waals surface area (Å²) < 4.78 is 5.58. The average Bonchev–Trinajstić information content (AvgIpc) is 2.99. The smallest absolute Gasteiger partial charge is 0.287 e. The van der Waals surface area contributed by atoms with E-state index in [9.17, 15) is 9.59 Å². The molecule has 2 amide bonds. The Balaban J connectivity index is 1.59. The molecule has 0 aliphatic heterocycles. The Labute approximate surface area is 140 Å². The van der Waals surface area contributed by atoms with Crippen LogP contribution in [0.2, 0.25) is 0 Å². The van der Waals surface area contributed by atoms with E-state index in [1.54, 1.807) is 6.07 Å². The lowest BCUT2D eigenvalue weighted by Gasteiger charge is -2.07. The standard InChI is InChI=1S/C17H13BrN2O3/c18-15-8-7-14(23-15)17(22)19-10-16(21)20-13-6-5-11-3-1-2-4-12(11)9-13/h1-9H,10H2,(H,19,22)(H,20,21). The van der Waals surface area contributed by atoms with Crippen molar-refractivity contribution in [3.63, 3.8) is 0 Å². The Morgan fingerprint density at radius 3 is 2.52 bits per heavy atom. The number of furan rings is 1. The van der Waals surface area contributed by atoms with Crippen LogP contribution in [0.5, 0.6) is 0 Å². The van der Waals surface area contributed by atoms with E-state index in [4.69, 9.17) is 4.42 Å². The first kappa shape index (κ1) is 15.3. The van der Waals surface area contributed by atoms with Gasteiger partial charge in [0.1, 0.15) is 0 Å². The third-order valence-corrected chi connectivity index (χ3v) is 3.67. The van der Waals surface area contributed by atoms with Gasteiger partial charge in [0.05, 0.1) is 6.54 Å². The average molecular weight is 373 g/mol. The van der Waals surface area contributed by atoms with Gasteiger partial charge in [-0.3, -0.25) is 9.59 Å². The highest BCUT2D eigenvalue weighted by Crippen LogP contribution is 2.18. The fraction of sp³-hybridized carbons (Fsp3) is 0.0588. The third kappa shape index (κ3) is 3.78. The summed E-state index contributed by atoms with van der Waals surface area (Å²) in [6, 6.07) is 16.7. The van der Waals surface area contributed by atoms with Crippen molar-refractivity contribution < 1.29 is 14.0 Å². The first-order valence-electron chi connectivity index (χ1n) is 6.94. The molecule has 2 N–H and O–H groups in total. The number of hydrogen-bond acceptors (Lipinski definition) is 3. The van der Waals surface area contributed by atoms with Crippen LogP contribution >= 0.6 is 15.9 Å². The zero-order valence-electron chi connectivity index (χ0n) is 12.0. The molecule has 0 unspecified atom stereocenters. The molecule has 2 aromatic carbocycles. The summed E-state index contributed by atoms with van der Waals surface area (Å²) in [4.78, 5) is 23.7. The minimum atomic E-state index is -0.440. The van der Waals surface area contributed by atoms with Gasteiger partial charge in [0.25, 0.3) is 5.91 Å². The Morgan fingerprint density at radius 2 is 1.78 bits per heavy atom. The Morgan fingerprint density at radius 1 is 1.00 bits per heavy atom. The molecule has 0 atom stereocenters. The van der Waals surface area contributed by atoms with Gasteiger partial charge in [-0.1, -0.05) is 30.3 Å². The topological polar surface area (TPSA) is 71.3 Å². The second kappa shape index (κ2) is 6.66. The zero-order chi connectivity index (χ0) is 16.2. The highest BCUT2D eigenvalue weighted by molar-refractivity contribution is 9.10. The largest absolute Gasteiger partial charge is 0.444 e. The predicted octanol–water partition coefficient (Wildman–Crippen LogP) is 3.56. The molecule has 5 nitrogen and oxygen atoms in total. The Bertz CT molecular complexity index is 873. The van der Waals surface area contributed by atoms with Crippen LogP contribution in [0.1, 0.15) is 10.6 Å². The maximum Gasteiger partial charge on any atom is 0.287 e. The highest BCUT2D eigenvalue weighted by atomic mass is 79.9. The normalized spacial score (nSPS) is 10.5. The summed E-state index contributed by atoms with van der Waals surface area (Å²) in [5, 5.41) is 7.39. The van der Waals surface area contributed by atoms with Gasteiger partial charge < -0.3 is 15.1 Å². The van der Waals surface area contributed by atoms with Crippen LogP contribution in [0.3, 0.4) is 0 Å². The van der Waals surface area contributed by atoms with E-state index in [2.05, 4.69) is 26.6 Å². The van der Waals surface area contributed by atoms with E-state index in [1.165, 1.54) is 6.07 Å². The summed E-state index contributed by atoms with van der Waals surface area (Å²) >= 11 is 3.12. The van der Waals surface area contributed by atoms with E-state index < -0.39 is 5.91 Å². The van der Waals surface area contributed by atoms with E-state index in [0.717, 1.165) is 10.8 Å². The Hall–Kier alpha value is -2.60. The van der Waals surface area contributed by atoms with Gasteiger partial charge in [0, 0.05) is 5.69 Å². The SMILES string of the molecule is O=C(CNC(=O)c1ccc(Br)o1)Nc1ccc2ccccc2c1. The number of rotatable bonds is 4. The summed E-state index contributed by atoms with van der Waals surface area (Å²) in [6.45, 7) is -0.135. The number of amides is 2. The van der Waals surface area contributed by atoms with Crippen molar-refractivity contribution in [3.05, 3.63) is 65.0 Å². The third-order valence-electron chi connectivity index (χ3n) is 3.24. The molecule has 0 fully saturated rings. The molecule has 6 heteroatoms. The molecule has 116 valence electrons. The maximum absolute atomic E-state index is 11.9. The highest BCUT2D eigenvalue weighted by Gasteiger charge is 2.12. The van der Waals surface area contributed by atoms with Gasteiger partial charge in [-0.15, -0.1) is 0 Å². The summed E-state index contributed by atoms with van der Waals surface area (Å²) in [7, 11) is 0. The molecular formula is C17H13BrN2O3. The number of benzene rings is 2. The van der Waals surface area contributed by atoms with Crippen LogP contribution in [0, 0.1) is 0 Å². The van der Waals surface area contributed by atoms with Crippen LogP contribution in [0.15, 0.2) is 63.7 Å². The molecule has 0 saturated carbocycles. The van der Waals surface area contributed by atoms with Crippen molar-refractivity contribution in [1.29, 1.82) is 0 Å². The maximum atomic E-state index is 11.9. The lowest BCUT2D eigenvalue weighted by molar-refractivity contribution is -0.115. The molecular weight excluding hydrogens is 360 g/mol. The zero-order valence-corrected chi connectivity index (χ0v) is 13.6. The minimum absolute atomic E-state index is 0.135. The summed E-state index contributed by atoms with van der Waals surface area (Å²) in [6.07, 6.45) is 0. The number of hydrogen-bond donors (Lipinski definition) is 2. The monoisotopic (exact) mass is 372 g/mol. The minimum Gasteiger partial charge on any atom is -0.444 e. The lowest BCUT2D eigenvalue weighted by Crippen LogP contribution is -2.32. The first-order chi connectivity index (χ1) is 11.1. The van der Waals surface area contributed by atoms with Gasteiger partial charge in [-0.05, 0) is 51.0 Å². The second-order valence-electron chi connectivity index (χ2n) is 4.90.